The zero-order valence-electron chi connectivity index (χ0n) is 13.5. The quantitative estimate of drug-likeness (QED) is 0.592. The number of nitriles is 1. The smallest absolute Gasteiger partial charge is 0.338 e. The van der Waals surface area contributed by atoms with Gasteiger partial charge in [0.25, 0.3) is 5.91 Å². The molecule has 1 aliphatic heterocycles. The summed E-state index contributed by atoms with van der Waals surface area (Å²) in [5.74, 6) is -0.545. The Morgan fingerprint density at radius 3 is 2.73 bits per heavy atom. The van der Waals surface area contributed by atoms with E-state index >= 15 is 0 Å². The molecule has 0 fully saturated rings. The van der Waals surface area contributed by atoms with Crippen LogP contribution in [0.25, 0.3) is 0 Å². The maximum absolute atomic E-state index is 12.4. The topological polar surface area (TPSA) is 88.9 Å². The minimum absolute atomic E-state index is 0.0201. The van der Waals surface area contributed by atoms with Gasteiger partial charge in [0.05, 0.1) is 16.7 Å². The molecule has 7 nitrogen and oxygen atoms in total. The zero-order valence-corrected chi connectivity index (χ0v) is 14.2. The third-order valence-electron chi connectivity index (χ3n) is 3.59. The molecule has 132 valence electrons. The van der Waals surface area contributed by atoms with Crippen LogP contribution in [-0.2, 0) is 9.53 Å². The van der Waals surface area contributed by atoms with E-state index < -0.39 is 18.5 Å². The van der Waals surface area contributed by atoms with Crippen molar-refractivity contribution >= 4 is 29.2 Å². The highest BCUT2D eigenvalue weighted by atomic mass is 35.5. The van der Waals surface area contributed by atoms with Gasteiger partial charge in [0.15, 0.2) is 18.1 Å². The number of esters is 1. The van der Waals surface area contributed by atoms with Crippen LogP contribution >= 0.6 is 11.6 Å². The zero-order chi connectivity index (χ0) is 18.5. The van der Waals surface area contributed by atoms with Gasteiger partial charge >= 0.3 is 5.97 Å². The number of nitrogens with zero attached hydrogens (tertiary/aromatic N) is 2. The molecule has 0 saturated carbocycles. The first kappa shape index (κ1) is 17.6. The van der Waals surface area contributed by atoms with E-state index in [-0.39, 0.29) is 23.9 Å². The lowest BCUT2D eigenvalue weighted by Gasteiger charge is -2.19. The number of amides is 1. The Morgan fingerprint density at radius 2 is 2.00 bits per heavy atom. The van der Waals surface area contributed by atoms with Gasteiger partial charge in [-0.3, -0.25) is 9.69 Å². The van der Waals surface area contributed by atoms with E-state index in [0.717, 1.165) is 0 Å². The lowest BCUT2D eigenvalue weighted by Crippen LogP contribution is -2.35. The van der Waals surface area contributed by atoms with Gasteiger partial charge < -0.3 is 14.2 Å². The SMILES string of the molecule is N#CCN(C(=O)COC(=O)c1cc(Cl)c2c(c1)OCO2)c1ccccc1. The Kier molecular flexibility index (Phi) is 5.25. The van der Waals surface area contributed by atoms with Crippen LogP contribution < -0.4 is 14.4 Å². The van der Waals surface area contributed by atoms with E-state index in [0.29, 0.717) is 17.2 Å². The van der Waals surface area contributed by atoms with Gasteiger partial charge in [0, 0.05) is 5.69 Å². The fourth-order valence-corrected chi connectivity index (χ4v) is 2.64. The first-order valence-electron chi connectivity index (χ1n) is 7.59. The number of hydrogen-bond donors (Lipinski definition) is 0. The van der Waals surface area contributed by atoms with Gasteiger partial charge in [-0.2, -0.15) is 5.26 Å². The van der Waals surface area contributed by atoms with E-state index in [1.807, 2.05) is 6.07 Å². The molecular weight excluding hydrogens is 360 g/mol. The van der Waals surface area contributed by atoms with Crippen LogP contribution in [0, 0.1) is 11.3 Å². The highest BCUT2D eigenvalue weighted by molar-refractivity contribution is 6.32. The largest absolute Gasteiger partial charge is 0.454 e. The van der Waals surface area contributed by atoms with E-state index in [1.165, 1.54) is 17.0 Å². The van der Waals surface area contributed by atoms with Crippen LogP contribution in [0.4, 0.5) is 5.69 Å². The van der Waals surface area contributed by atoms with Gasteiger partial charge in [0.2, 0.25) is 6.79 Å². The molecule has 2 aromatic carbocycles. The molecular formula is C18H13ClN2O5. The maximum Gasteiger partial charge on any atom is 0.338 e. The lowest BCUT2D eigenvalue weighted by molar-refractivity contribution is -0.121. The highest BCUT2D eigenvalue weighted by Gasteiger charge is 2.23. The molecule has 0 N–H and O–H groups in total. The number of para-hydroxylation sites is 1. The number of benzene rings is 2. The molecule has 1 aliphatic rings. The molecule has 0 aliphatic carbocycles. The van der Waals surface area contributed by atoms with Crippen molar-refractivity contribution in [2.75, 3.05) is 24.8 Å². The van der Waals surface area contributed by atoms with E-state index in [1.54, 1.807) is 30.3 Å². The van der Waals surface area contributed by atoms with Gasteiger partial charge in [-0.25, -0.2) is 4.79 Å². The predicted octanol–water partition coefficient (Wildman–Crippen LogP) is 2.78. The number of anilines is 1. The molecule has 1 amide bonds. The Morgan fingerprint density at radius 1 is 1.23 bits per heavy atom. The van der Waals surface area contributed by atoms with E-state index in [2.05, 4.69) is 0 Å². The molecule has 26 heavy (non-hydrogen) atoms. The van der Waals surface area contributed by atoms with Gasteiger partial charge in [-0.1, -0.05) is 29.8 Å². The van der Waals surface area contributed by atoms with Crippen molar-refractivity contribution < 1.29 is 23.8 Å². The Bertz CT molecular complexity index is 879. The summed E-state index contributed by atoms with van der Waals surface area (Å²) in [6, 6.07) is 13.4. The number of carbonyl (C=O) groups excluding carboxylic acids is 2. The summed E-state index contributed by atoms with van der Waals surface area (Å²) in [6.07, 6.45) is 0. The van der Waals surface area contributed by atoms with E-state index in [4.69, 9.17) is 31.1 Å². The van der Waals surface area contributed by atoms with Crippen LogP contribution in [-0.4, -0.2) is 31.8 Å². The fourth-order valence-electron chi connectivity index (χ4n) is 2.38. The normalized spacial score (nSPS) is 11.5. The highest BCUT2D eigenvalue weighted by Crippen LogP contribution is 2.39. The average molecular weight is 373 g/mol. The minimum atomic E-state index is -0.733. The molecule has 3 rings (SSSR count). The monoisotopic (exact) mass is 372 g/mol. The number of halogens is 1. The van der Waals surface area contributed by atoms with Crippen molar-refractivity contribution in [2.45, 2.75) is 0 Å². The summed E-state index contributed by atoms with van der Waals surface area (Å²) in [6.45, 7) is -0.649. The third kappa shape index (κ3) is 3.71. The molecule has 2 aromatic rings. The first-order valence-corrected chi connectivity index (χ1v) is 7.96. The minimum Gasteiger partial charge on any atom is -0.454 e. The van der Waals surface area contributed by atoms with Crippen LogP contribution in [0.1, 0.15) is 10.4 Å². The lowest BCUT2D eigenvalue weighted by atomic mass is 10.2. The molecule has 1 heterocycles. The number of carbonyl (C=O) groups is 2. The summed E-state index contributed by atoms with van der Waals surface area (Å²) in [7, 11) is 0. The van der Waals surface area contributed by atoms with Crippen molar-refractivity contribution in [3.8, 4) is 17.6 Å². The van der Waals surface area contributed by atoms with Crippen molar-refractivity contribution in [2.24, 2.45) is 0 Å². The molecule has 8 heteroatoms. The molecule has 0 bridgehead atoms. The average Bonchev–Trinajstić information content (AvgIpc) is 3.14. The Hall–Kier alpha value is -3.24. The third-order valence-corrected chi connectivity index (χ3v) is 3.87. The summed E-state index contributed by atoms with van der Waals surface area (Å²) >= 11 is 6.03. The van der Waals surface area contributed by atoms with E-state index in [9.17, 15) is 9.59 Å². The fraction of sp³-hybridized carbons (Fsp3) is 0.167. The molecule has 0 unspecified atom stereocenters. The number of rotatable bonds is 5. The van der Waals surface area contributed by atoms with Crippen LogP contribution in [0.2, 0.25) is 5.02 Å². The molecule has 0 saturated heterocycles. The summed E-state index contributed by atoms with van der Waals surface area (Å²) in [5.41, 5.74) is 0.680. The first-order chi connectivity index (χ1) is 12.6. The molecule has 0 spiro atoms. The van der Waals surface area contributed by atoms with Crippen molar-refractivity contribution in [1.29, 1.82) is 5.26 Å². The van der Waals surface area contributed by atoms with Crippen molar-refractivity contribution in [3.63, 3.8) is 0 Å². The number of fused-ring (bicyclic) bond motifs is 1. The summed E-state index contributed by atoms with van der Waals surface area (Å²) in [5, 5.41) is 9.15. The molecule has 0 aromatic heterocycles. The molecule has 0 radical (unpaired) electrons. The van der Waals surface area contributed by atoms with Gasteiger partial charge in [-0.15, -0.1) is 0 Å². The Labute approximate surface area is 154 Å². The number of hydrogen-bond acceptors (Lipinski definition) is 6. The summed E-state index contributed by atoms with van der Waals surface area (Å²) < 4.78 is 15.4. The number of ether oxygens (including phenoxy) is 3. The second-order valence-electron chi connectivity index (χ2n) is 5.24. The predicted molar refractivity (Wildman–Crippen MR) is 92.3 cm³/mol. The van der Waals surface area contributed by atoms with Crippen LogP contribution in [0.5, 0.6) is 11.5 Å². The van der Waals surface area contributed by atoms with Crippen molar-refractivity contribution in [3.05, 3.63) is 53.1 Å². The Balaban J connectivity index is 1.68. The standard InChI is InChI=1S/C18H13ClN2O5/c19-14-8-12(9-15-17(14)26-11-25-15)18(23)24-10-16(22)21(7-6-20)13-4-2-1-3-5-13/h1-5,8-9H,7,10-11H2. The second kappa shape index (κ2) is 7.76. The van der Waals surface area contributed by atoms with Crippen LogP contribution in [0.3, 0.4) is 0 Å². The van der Waals surface area contributed by atoms with Crippen molar-refractivity contribution in [1.82, 2.24) is 0 Å². The molecule has 0 atom stereocenters. The van der Waals surface area contributed by atoms with Gasteiger partial charge in [0.1, 0.15) is 6.54 Å². The van der Waals surface area contributed by atoms with Crippen LogP contribution in [0.15, 0.2) is 42.5 Å². The van der Waals surface area contributed by atoms with Gasteiger partial charge in [-0.05, 0) is 24.3 Å². The maximum atomic E-state index is 12.4. The summed E-state index contributed by atoms with van der Waals surface area (Å²) in [4.78, 5) is 25.8. The second-order valence-corrected chi connectivity index (χ2v) is 5.65.